The van der Waals surface area contributed by atoms with Crippen LogP contribution < -0.4 is 0 Å². The molecule has 1 aromatic rings. The number of ketones is 1. The average molecular weight is 201 g/mol. The standard InChI is InChI=1S/C10H13ClO2/c1-3-7(2)6-9(12)8-4-5-13-10(8)11/h4-5,7H,3,6H2,1-2H3. The highest BCUT2D eigenvalue weighted by Gasteiger charge is 2.14. The topological polar surface area (TPSA) is 30.2 Å². The van der Waals surface area contributed by atoms with Crippen molar-refractivity contribution < 1.29 is 9.21 Å². The molecule has 0 radical (unpaired) electrons. The highest BCUT2D eigenvalue weighted by molar-refractivity contribution is 6.32. The summed E-state index contributed by atoms with van der Waals surface area (Å²) in [5.41, 5.74) is 0.502. The van der Waals surface area contributed by atoms with Crippen molar-refractivity contribution in [3.8, 4) is 0 Å². The van der Waals surface area contributed by atoms with E-state index in [-0.39, 0.29) is 11.0 Å². The van der Waals surface area contributed by atoms with E-state index in [2.05, 4.69) is 6.92 Å². The Hall–Kier alpha value is -0.760. The summed E-state index contributed by atoms with van der Waals surface area (Å²) in [4.78, 5) is 11.6. The lowest BCUT2D eigenvalue weighted by atomic mass is 9.99. The maximum Gasteiger partial charge on any atom is 0.203 e. The maximum absolute atomic E-state index is 11.6. The summed E-state index contributed by atoms with van der Waals surface area (Å²) in [6, 6.07) is 1.62. The van der Waals surface area contributed by atoms with E-state index in [1.54, 1.807) is 6.07 Å². The lowest BCUT2D eigenvalue weighted by Crippen LogP contribution is -2.04. The first-order valence-corrected chi connectivity index (χ1v) is 4.79. The van der Waals surface area contributed by atoms with Gasteiger partial charge in [0.2, 0.25) is 5.22 Å². The molecule has 1 atom stereocenters. The Bertz CT molecular complexity index is 291. The molecule has 0 bridgehead atoms. The first kappa shape index (κ1) is 10.3. The Morgan fingerprint density at radius 1 is 1.69 bits per heavy atom. The molecule has 0 saturated carbocycles. The SMILES string of the molecule is CCC(C)CC(=O)c1ccoc1Cl. The van der Waals surface area contributed by atoms with Crippen LogP contribution in [0.1, 0.15) is 37.0 Å². The molecule has 0 saturated heterocycles. The number of rotatable bonds is 4. The number of furan rings is 1. The van der Waals surface area contributed by atoms with Crippen LogP contribution in [-0.2, 0) is 0 Å². The second-order valence-electron chi connectivity index (χ2n) is 3.25. The largest absolute Gasteiger partial charge is 0.452 e. The first-order valence-electron chi connectivity index (χ1n) is 4.41. The molecule has 1 heterocycles. The van der Waals surface area contributed by atoms with Gasteiger partial charge in [0.25, 0.3) is 0 Å². The summed E-state index contributed by atoms with van der Waals surface area (Å²) < 4.78 is 4.85. The predicted octanol–water partition coefficient (Wildman–Crippen LogP) is 3.55. The lowest BCUT2D eigenvalue weighted by Gasteiger charge is -2.05. The molecule has 13 heavy (non-hydrogen) atoms. The summed E-state index contributed by atoms with van der Waals surface area (Å²) in [5.74, 6) is 0.464. The van der Waals surface area contributed by atoms with Crippen molar-refractivity contribution in [3.63, 3.8) is 0 Å². The van der Waals surface area contributed by atoms with Crippen LogP contribution in [0.3, 0.4) is 0 Å². The Morgan fingerprint density at radius 2 is 2.38 bits per heavy atom. The van der Waals surface area contributed by atoms with E-state index in [4.69, 9.17) is 16.0 Å². The molecule has 72 valence electrons. The van der Waals surface area contributed by atoms with Crippen molar-refractivity contribution in [2.75, 3.05) is 0 Å². The Kier molecular flexibility index (Phi) is 3.55. The number of carbonyl (C=O) groups excluding carboxylic acids is 1. The van der Waals surface area contributed by atoms with Crippen LogP contribution in [0.15, 0.2) is 16.7 Å². The fourth-order valence-electron chi connectivity index (χ4n) is 1.06. The van der Waals surface area contributed by atoms with Crippen LogP contribution in [0.25, 0.3) is 0 Å². The average Bonchev–Trinajstić information content (AvgIpc) is 2.51. The molecule has 0 N–H and O–H groups in total. The van der Waals surface area contributed by atoms with Crippen molar-refractivity contribution in [2.45, 2.75) is 26.7 Å². The van der Waals surface area contributed by atoms with E-state index in [0.29, 0.717) is 17.9 Å². The molecular weight excluding hydrogens is 188 g/mol. The first-order chi connectivity index (χ1) is 6.15. The third-order valence-electron chi connectivity index (χ3n) is 2.15. The Morgan fingerprint density at radius 3 is 2.85 bits per heavy atom. The van der Waals surface area contributed by atoms with Gasteiger partial charge < -0.3 is 4.42 Å². The summed E-state index contributed by atoms with van der Waals surface area (Å²) in [6.07, 6.45) is 2.98. The zero-order valence-electron chi connectivity index (χ0n) is 7.84. The minimum atomic E-state index is 0.0631. The highest BCUT2D eigenvalue weighted by atomic mass is 35.5. The molecule has 0 amide bonds. The smallest absolute Gasteiger partial charge is 0.203 e. The van der Waals surface area contributed by atoms with E-state index < -0.39 is 0 Å². The van der Waals surface area contributed by atoms with Crippen molar-refractivity contribution in [1.29, 1.82) is 0 Å². The van der Waals surface area contributed by atoms with E-state index in [1.165, 1.54) is 6.26 Å². The van der Waals surface area contributed by atoms with Crippen LogP contribution >= 0.6 is 11.6 Å². The summed E-state index contributed by atoms with van der Waals surface area (Å²) in [7, 11) is 0. The van der Waals surface area contributed by atoms with Gasteiger partial charge in [-0.3, -0.25) is 4.79 Å². The van der Waals surface area contributed by atoms with Gasteiger partial charge in [0.05, 0.1) is 11.8 Å². The third-order valence-corrected chi connectivity index (χ3v) is 2.44. The monoisotopic (exact) mass is 200 g/mol. The molecule has 1 rings (SSSR count). The van der Waals surface area contributed by atoms with Crippen LogP contribution in [-0.4, -0.2) is 5.78 Å². The number of halogens is 1. The van der Waals surface area contributed by atoms with Gasteiger partial charge in [-0.25, -0.2) is 0 Å². The molecule has 0 aliphatic heterocycles. The normalized spacial score (nSPS) is 12.8. The second kappa shape index (κ2) is 4.47. The van der Waals surface area contributed by atoms with E-state index >= 15 is 0 Å². The van der Waals surface area contributed by atoms with Gasteiger partial charge >= 0.3 is 0 Å². The number of hydrogen-bond acceptors (Lipinski definition) is 2. The van der Waals surface area contributed by atoms with Crippen LogP contribution in [0.2, 0.25) is 5.22 Å². The number of hydrogen-bond donors (Lipinski definition) is 0. The quantitative estimate of drug-likeness (QED) is 0.696. The zero-order chi connectivity index (χ0) is 9.84. The molecule has 0 aliphatic rings. The minimum absolute atomic E-state index is 0.0631. The Labute approximate surface area is 82.9 Å². The molecule has 0 aromatic carbocycles. The molecule has 0 spiro atoms. The molecule has 1 aromatic heterocycles. The fourth-order valence-corrected chi connectivity index (χ4v) is 1.28. The van der Waals surface area contributed by atoms with Crippen molar-refractivity contribution in [3.05, 3.63) is 23.1 Å². The number of Topliss-reactive ketones (excluding diaryl/α,β-unsaturated/α-hetero) is 1. The maximum atomic E-state index is 11.6. The van der Waals surface area contributed by atoms with Gasteiger partial charge in [-0.15, -0.1) is 0 Å². The fraction of sp³-hybridized carbons (Fsp3) is 0.500. The third kappa shape index (κ3) is 2.59. The van der Waals surface area contributed by atoms with Crippen LogP contribution in [0, 0.1) is 5.92 Å². The molecule has 1 unspecified atom stereocenters. The molecule has 2 nitrogen and oxygen atoms in total. The van der Waals surface area contributed by atoms with Crippen molar-refractivity contribution in [2.24, 2.45) is 5.92 Å². The zero-order valence-corrected chi connectivity index (χ0v) is 8.60. The van der Waals surface area contributed by atoms with E-state index in [1.807, 2.05) is 6.92 Å². The lowest BCUT2D eigenvalue weighted by molar-refractivity contribution is 0.0963. The highest BCUT2D eigenvalue weighted by Crippen LogP contribution is 2.20. The summed E-state index contributed by atoms with van der Waals surface area (Å²) in [5, 5.41) is 0.202. The van der Waals surface area contributed by atoms with Crippen molar-refractivity contribution >= 4 is 17.4 Å². The molecular formula is C10H13ClO2. The van der Waals surface area contributed by atoms with Gasteiger partial charge in [-0.2, -0.15) is 0 Å². The van der Waals surface area contributed by atoms with E-state index in [9.17, 15) is 4.79 Å². The molecule has 0 aliphatic carbocycles. The van der Waals surface area contributed by atoms with Crippen LogP contribution in [0.5, 0.6) is 0 Å². The van der Waals surface area contributed by atoms with Crippen molar-refractivity contribution in [1.82, 2.24) is 0 Å². The van der Waals surface area contributed by atoms with Gasteiger partial charge in [0.1, 0.15) is 0 Å². The van der Waals surface area contributed by atoms with Gasteiger partial charge in [0.15, 0.2) is 5.78 Å². The second-order valence-corrected chi connectivity index (χ2v) is 3.59. The summed E-state index contributed by atoms with van der Waals surface area (Å²) >= 11 is 5.67. The molecule has 0 fully saturated rings. The van der Waals surface area contributed by atoms with E-state index in [0.717, 1.165) is 6.42 Å². The minimum Gasteiger partial charge on any atom is -0.452 e. The van der Waals surface area contributed by atoms with Crippen LogP contribution in [0.4, 0.5) is 0 Å². The van der Waals surface area contributed by atoms with Gasteiger partial charge in [-0.05, 0) is 23.6 Å². The predicted molar refractivity (Wildman–Crippen MR) is 52.1 cm³/mol. The van der Waals surface area contributed by atoms with Gasteiger partial charge in [-0.1, -0.05) is 20.3 Å². The van der Waals surface area contributed by atoms with Gasteiger partial charge in [0, 0.05) is 6.42 Å². The Balaban J connectivity index is 2.64. The summed E-state index contributed by atoms with van der Waals surface area (Å²) in [6.45, 7) is 4.11. The molecule has 3 heteroatoms. The number of carbonyl (C=O) groups is 1.